The number of anilines is 8. The molecule has 0 saturated heterocycles. The molecule has 2 aromatic carbocycles. The first-order chi connectivity index (χ1) is 57.5. The molecule has 0 fully saturated rings. The average Bonchev–Trinajstić information content (AvgIpc) is 1.53. The van der Waals surface area contributed by atoms with Gasteiger partial charge in [-0.25, -0.2) is 19.9 Å². The number of para-hydroxylation sites is 2. The van der Waals surface area contributed by atoms with Gasteiger partial charge in [-0.15, -0.1) is 0 Å². The molecule has 1 atom stereocenters. The number of amides is 11. The maximum atomic E-state index is 13.7. The van der Waals surface area contributed by atoms with Crippen LogP contribution in [-0.4, -0.2) is 225 Å². The van der Waals surface area contributed by atoms with Crippen LogP contribution in [0.4, 0.5) is 45.8 Å². The predicted octanol–water partition coefficient (Wildman–Crippen LogP) is 4.35. The SMILES string of the molecule is CN(C)CCNC(=O)c1cccc2c(NCCCOCCOCCOCCCNC(=O)CCNC(=O)c3cc(NC(=O)c4cc(NC(=O)c5cc(NC(=O)c6cc(NC(=O)[C@H](N)CCNC(=O)c7cc(NC(=O)c8nc(NC(=O)c9nc(NC(=O)c%10nccn%10C)cn9C)cn8C)cn7C)cn6C)cn5C)cn4C)cn3C)c3ccccc3nc12. The van der Waals surface area contributed by atoms with Gasteiger partial charge in [-0.05, 0) is 75.8 Å². The van der Waals surface area contributed by atoms with Crippen molar-refractivity contribution in [3.05, 3.63) is 180 Å². The predicted molar refractivity (Wildman–Crippen MR) is 448 cm³/mol. The van der Waals surface area contributed by atoms with Gasteiger partial charge in [0, 0.05) is 182 Å². The standard InChI is InChI=1S/C80H98N26O14/c1-98(2)28-26-87-71(108)55-18-13-17-54-66(53-16-11-12-19-57(53)93-67(54)55)83-23-15-31-119-33-35-120-34-32-118-30-14-22-82-65(107)21-25-86-74(111)58-36-49(42-100(58)4)89-76(113)61-39-51(44-103(61)7)91-77(114)62-40-50(43-104(62)8)90-75(112)60-38-48(41-102(60)6)88-72(109)56(81)20-24-85-73(110)59-37-52(45-101(59)5)92-79(116)69-94-64(47-105(69)9)97-80(117)70-95-63(46-106(70)10)96-78(115)68-84-27-29-99(68)3/h11-13,16-19,27,29,36-47,56H,14-15,20-26,28,30-35,81H2,1-10H3,(H,82,107)(H,83,93)(H,85,110)(H,86,111)(H,87,108)(H,88,109)(H,89,113)(H,90,112)(H,91,114)(H,92,116)(H,96,115)(H,97,117)/t56-/m1/s1. The Morgan fingerprint density at radius 3 is 1.37 bits per heavy atom. The second-order valence-corrected chi connectivity index (χ2v) is 28.6. The number of ether oxygens (including phenoxy) is 3. The summed E-state index contributed by atoms with van der Waals surface area (Å²) in [5.74, 6) is -5.34. The van der Waals surface area contributed by atoms with Crippen molar-refractivity contribution in [1.82, 2.24) is 82.6 Å². The highest BCUT2D eigenvalue weighted by Gasteiger charge is 2.26. The van der Waals surface area contributed by atoms with Gasteiger partial charge in [0.25, 0.3) is 53.2 Å². The summed E-state index contributed by atoms with van der Waals surface area (Å²) in [7, 11) is 16.8. The molecule has 0 radical (unpaired) electrons. The highest BCUT2D eigenvalue weighted by atomic mass is 16.5. The van der Waals surface area contributed by atoms with Crippen LogP contribution < -0.4 is 69.5 Å². The molecule has 0 unspecified atom stereocenters. The lowest BCUT2D eigenvalue weighted by molar-refractivity contribution is -0.121. The molecule has 0 aliphatic carbocycles. The first-order valence-corrected chi connectivity index (χ1v) is 38.4. The van der Waals surface area contributed by atoms with Crippen molar-refractivity contribution in [2.24, 2.45) is 62.1 Å². The first-order valence-electron chi connectivity index (χ1n) is 38.4. The fourth-order valence-electron chi connectivity index (χ4n) is 12.8. The second kappa shape index (κ2) is 40.2. The molecule has 11 aromatic rings. The lowest BCUT2D eigenvalue weighted by Crippen LogP contribution is -2.39. The number of hydrogen-bond acceptors (Lipinski definition) is 21. The van der Waals surface area contributed by atoms with Crippen LogP contribution in [0.2, 0.25) is 0 Å². The number of likely N-dealkylation sites (N-methyl/N-ethyl adjacent to an activating group) is 1. The van der Waals surface area contributed by atoms with Crippen molar-refractivity contribution in [2.45, 2.75) is 31.7 Å². The number of nitrogens with zero attached hydrogens (tertiary/aromatic N) is 13. The summed E-state index contributed by atoms with van der Waals surface area (Å²) >= 11 is 0. The van der Waals surface area contributed by atoms with E-state index in [-0.39, 0.29) is 118 Å². The van der Waals surface area contributed by atoms with Gasteiger partial charge in [-0.3, -0.25) is 52.7 Å². The van der Waals surface area contributed by atoms with E-state index in [0.717, 1.165) is 34.9 Å². The minimum Gasteiger partial charge on any atom is -0.384 e. The summed E-state index contributed by atoms with van der Waals surface area (Å²) in [5.41, 5.74) is 11.4. The summed E-state index contributed by atoms with van der Waals surface area (Å²) in [5, 5.41) is 35.7. The van der Waals surface area contributed by atoms with E-state index in [4.69, 9.17) is 24.9 Å². The average molecular weight is 1650 g/mol. The Morgan fingerprint density at radius 1 is 0.417 bits per heavy atom. The van der Waals surface area contributed by atoms with Crippen molar-refractivity contribution >= 4 is 133 Å². The number of aromatic nitrogens is 12. The molecule has 120 heavy (non-hydrogen) atoms. The molecule has 9 aromatic heterocycles. The minimum atomic E-state index is -1.09. The molecule has 40 heteroatoms. The normalized spacial score (nSPS) is 11.5. The molecule has 14 N–H and O–H groups in total. The lowest BCUT2D eigenvalue weighted by atomic mass is 10.0. The Bertz CT molecular complexity index is 5610. The monoisotopic (exact) mass is 1650 g/mol. The maximum Gasteiger partial charge on any atom is 0.292 e. The first kappa shape index (κ1) is 86.8. The maximum absolute atomic E-state index is 13.7. The summed E-state index contributed by atoms with van der Waals surface area (Å²) in [6.45, 7) is 4.86. The van der Waals surface area contributed by atoms with Crippen LogP contribution >= 0.6 is 0 Å². The van der Waals surface area contributed by atoms with Crippen LogP contribution in [0, 0.1) is 0 Å². The van der Waals surface area contributed by atoms with Crippen molar-refractivity contribution in [2.75, 3.05) is 136 Å². The molecule has 9 heterocycles. The topological polar surface area (TPSA) is 480 Å². The minimum absolute atomic E-state index is 0.0162. The zero-order chi connectivity index (χ0) is 85.8. The summed E-state index contributed by atoms with van der Waals surface area (Å²) < 4.78 is 29.0. The quantitative estimate of drug-likeness (QED) is 0.0187. The van der Waals surface area contributed by atoms with E-state index in [1.807, 2.05) is 55.4 Å². The number of nitrogens with one attached hydrogen (secondary N) is 12. The molecule has 11 amide bonds. The molecule has 0 spiro atoms. The molecular weight excluding hydrogens is 1550 g/mol. The van der Waals surface area contributed by atoms with E-state index in [9.17, 15) is 52.7 Å². The molecule has 11 rings (SSSR count). The molecule has 0 aliphatic heterocycles. The van der Waals surface area contributed by atoms with Crippen molar-refractivity contribution in [3.8, 4) is 0 Å². The molecule has 0 aliphatic rings. The van der Waals surface area contributed by atoms with E-state index in [2.05, 4.69) is 78.8 Å². The Hall–Kier alpha value is -14.1. The fraction of sp³-hybridized carbons (Fsp3) is 0.338. The zero-order valence-electron chi connectivity index (χ0n) is 68.1. The lowest BCUT2D eigenvalue weighted by Gasteiger charge is -2.16. The highest BCUT2D eigenvalue weighted by Crippen LogP contribution is 2.33. The Balaban J connectivity index is 0.531. The summed E-state index contributed by atoms with van der Waals surface area (Å²) in [4.78, 5) is 165. The van der Waals surface area contributed by atoms with Gasteiger partial charge >= 0.3 is 0 Å². The zero-order valence-corrected chi connectivity index (χ0v) is 68.1. The number of carbonyl (C=O) groups excluding carboxylic acids is 11. The van der Waals surface area contributed by atoms with Crippen molar-refractivity contribution in [3.63, 3.8) is 0 Å². The molecule has 40 nitrogen and oxygen atoms in total. The van der Waals surface area contributed by atoms with Crippen LogP contribution in [-0.2, 0) is 80.2 Å². The van der Waals surface area contributed by atoms with Crippen LogP contribution in [0.15, 0.2) is 129 Å². The number of nitrogens with two attached hydrogens (primary N) is 1. The molecule has 632 valence electrons. The fourth-order valence-corrected chi connectivity index (χ4v) is 12.8. The van der Waals surface area contributed by atoms with E-state index in [0.29, 0.717) is 82.5 Å². The number of hydrogen-bond donors (Lipinski definition) is 13. The number of pyridine rings is 1. The Labute approximate surface area is 688 Å². The van der Waals surface area contributed by atoms with Crippen molar-refractivity contribution in [1.29, 1.82) is 0 Å². The van der Waals surface area contributed by atoms with E-state index >= 15 is 0 Å². The van der Waals surface area contributed by atoms with E-state index < -0.39 is 59.2 Å². The summed E-state index contributed by atoms with van der Waals surface area (Å²) in [6, 6.07) is 19.8. The van der Waals surface area contributed by atoms with E-state index in [1.54, 1.807) is 81.0 Å². The van der Waals surface area contributed by atoms with Crippen LogP contribution in [0.5, 0.6) is 0 Å². The van der Waals surface area contributed by atoms with Gasteiger partial charge in [0.15, 0.2) is 17.5 Å². The molecule has 0 bridgehead atoms. The number of carbonyl (C=O) groups is 11. The van der Waals surface area contributed by atoms with Crippen LogP contribution in [0.25, 0.3) is 21.8 Å². The molecular formula is C80H98N26O14. The molecule has 0 saturated carbocycles. The van der Waals surface area contributed by atoms with E-state index in [1.165, 1.54) is 104 Å². The van der Waals surface area contributed by atoms with Gasteiger partial charge in [0.1, 0.15) is 28.5 Å². The van der Waals surface area contributed by atoms with Crippen LogP contribution in [0.3, 0.4) is 0 Å². The van der Waals surface area contributed by atoms with Gasteiger partial charge in [-0.2, -0.15) is 0 Å². The second-order valence-electron chi connectivity index (χ2n) is 28.6. The third-order valence-corrected chi connectivity index (χ3v) is 19.0. The third kappa shape index (κ3) is 22.5. The Kier molecular flexibility index (Phi) is 29.0. The van der Waals surface area contributed by atoms with Gasteiger partial charge < -0.3 is 125 Å². The number of rotatable bonds is 41. The highest BCUT2D eigenvalue weighted by molar-refractivity contribution is 6.15. The number of benzene rings is 2. The summed E-state index contributed by atoms with van der Waals surface area (Å²) in [6.07, 6.45) is 15.0. The number of aryl methyl sites for hydroxylation is 8. The third-order valence-electron chi connectivity index (χ3n) is 19.0. The van der Waals surface area contributed by atoms with Gasteiger partial charge in [0.2, 0.25) is 23.5 Å². The number of imidazole rings is 3. The number of fused-ring (bicyclic) bond motifs is 2. The smallest absolute Gasteiger partial charge is 0.292 e. The Morgan fingerprint density at radius 2 is 0.858 bits per heavy atom. The van der Waals surface area contributed by atoms with Crippen LogP contribution in [0.1, 0.15) is 120 Å². The largest absolute Gasteiger partial charge is 0.384 e. The van der Waals surface area contributed by atoms with Gasteiger partial charge in [0.05, 0.1) is 83.2 Å². The van der Waals surface area contributed by atoms with Crippen molar-refractivity contribution < 1.29 is 67.0 Å². The van der Waals surface area contributed by atoms with Gasteiger partial charge in [-0.1, -0.05) is 30.3 Å².